The quantitative estimate of drug-likeness (QED) is 0.691. The molecule has 0 saturated carbocycles. The van der Waals surface area contributed by atoms with Gasteiger partial charge in [0.2, 0.25) is 11.8 Å². The summed E-state index contributed by atoms with van der Waals surface area (Å²) >= 11 is 5.97. The number of hydrogen-bond acceptors (Lipinski definition) is 3. The van der Waals surface area contributed by atoms with Crippen LogP contribution in [0.4, 0.5) is 0 Å². The van der Waals surface area contributed by atoms with Gasteiger partial charge in [0.1, 0.15) is 6.04 Å². The van der Waals surface area contributed by atoms with E-state index < -0.39 is 17.9 Å². The molecule has 4 N–H and O–H groups in total. The number of nitrogens with two attached hydrogens (primary N) is 1. The van der Waals surface area contributed by atoms with Crippen molar-refractivity contribution in [3.05, 3.63) is 70.2 Å². The van der Waals surface area contributed by atoms with Crippen molar-refractivity contribution in [2.75, 3.05) is 6.54 Å². The fourth-order valence-corrected chi connectivity index (χ4v) is 2.57. The number of carbonyl (C=O) groups excluding carboxylic acids is 3. The van der Waals surface area contributed by atoms with Crippen molar-refractivity contribution in [2.45, 2.75) is 19.4 Å². The summed E-state index contributed by atoms with van der Waals surface area (Å²) in [5.41, 5.74) is 6.87. The van der Waals surface area contributed by atoms with Crippen molar-refractivity contribution in [3.8, 4) is 0 Å². The average molecular weight is 374 g/mol. The van der Waals surface area contributed by atoms with Crippen molar-refractivity contribution in [1.82, 2.24) is 10.6 Å². The van der Waals surface area contributed by atoms with E-state index in [4.69, 9.17) is 17.3 Å². The molecule has 7 heteroatoms. The molecule has 2 aromatic rings. The molecule has 0 aromatic heterocycles. The highest BCUT2D eigenvalue weighted by Gasteiger charge is 2.17. The molecule has 0 aliphatic rings. The molecule has 6 nitrogen and oxygen atoms in total. The summed E-state index contributed by atoms with van der Waals surface area (Å²) in [6.07, 6.45) is 0.540. The number of primary amides is 1. The Bertz CT molecular complexity index is 823. The minimum Gasteiger partial charge on any atom is -0.366 e. The maximum absolute atomic E-state index is 12.2. The topological polar surface area (TPSA) is 101 Å². The number of carbonyl (C=O) groups is 3. The molecule has 3 amide bonds. The van der Waals surface area contributed by atoms with Gasteiger partial charge in [0, 0.05) is 12.1 Å². The monoisotopic (exact) mass is 373 g/mol. The van der Waals surface area contributed by atoms with Crippen molar-refractivity contribution in [1.29, 1.82) is 0 Å². The summed E-state index contributed by atoms with van der Waals surface area (Å²) in [6, 6.07) is 12.8. The molecule has 2 aromatic carbocycles. The van der Waals surface area contributed by atoms with Gasteiger partial charge in [-0.05, 0) is 43.2 Å². The number of rotatable bonds is 7. The van der Waals surface area contributed by atoms with Crippen LogP contribution in [-0.4, -0.2) is 30.3 Å². The van der Waals surface area contributed by atoms with Crippen molar-refractivity contribution in [3.63, 3.8) is 0 Å². The van der Waals surface area contributed by atoms with E-state index >= 15 is 0 Å². The first-order chi connectivity index (χ1) is 12.4. The number of halogens is 1. The van der Waals surface area contributed by atoms with E-state index in [1.54, 1.807) is 49.4 Å². The van der Waals surface area contributed by atoms with Crippen LogP contribution in [0.25, 0.3) is 0 Å². The Morgan fingerprint density at radius 2 is 1.85 bits per heavy atom. The number of benzene rings is 2. The van der Waals surface area contributed by atoms with Crippen molar-refractivity contribution < 1.29 is 14.4 Å². The molecule has 0 radical (unpaired) electrons. The fourth-order valence-electron chi connectivity index (χ4n) is 2.35. The van der Waals surface area contributed by atoms with Crippen LogP contribution in [-0.2, 0) is 11.2 Å². The van der Waals surface area contributed by atoms with Crippen molar-refractivity contribution in [2.24, 2.45) is 5.73 Å². The lowest BCUT2D eigenvalue weighted by Gasteiger charge is -2.14. The summed E-state index contributed by atoms with van der Waals surface area (Å²) < 4.78 is 0. The van der Waals surface area contributed by atoms with E-state index in [1.807, 2.05) is 6.07 Å². The number of amides is 3. The van der Waals surface area contributed by atoms with E-state index in [9.17, 15) is 14.4 Å². The first kappa shape index (κ1) is 19.5. The Kier molecular flexibility index (Phi) is 6.74. The Morgan fingerprint density at radius 3 is 2.54 bits per heavy atom. The minimum atomic E-state index is -0.712. The molecule has 1 atom stereocenters. The zero-order valence-electron chi connectivity index (χ0n) is 14.3. The Balaban J connectivity index is 1.84. The van der Waals surface area contributed by atoms with Crippen molar-refractivity contribution >= 4 is 29.3 Å². The van der Waals surface area contributed by atoms with Gasteiger partial charge >= 0.3 is 0 Å². The van der Waals surface area contributed by atoms with Crippen LogP contribution in [0.2, 0.25) is 5.02 Å². The molecule has 0 bridgehead atoms. The molecule has 0 spiro atoms. The molecule has 136 valence electrons. The zero-order valence-corrected chi connectivity index (χ0v) is 15.0. The third-order valence-electron chi connectivity index (χ3n) is 3.78. The van der Waals surface area contributed by atoms with Gasteiger partial charge in [-0.2, -0.15) is 0 Å². The van der Waals surface area contributed by atoms with Gasteiger partial charge in [0.15, 0.2) is 0 Å². The second-order valence-electron chi connectivity index (χ2n) is 5.78. The first-order valence-corrected chi connectivity index (χ1v) is 8.48. The van der Waals surface area contributed by atoms with Gasteiger partial charge in [0.25, 0.3) is 5.91 Å². The van der Waals surface area contributed by atoms with E-state index in [0.29, 0.717) is 29.1 Å². The highest BCUT2D eigenvalue weighted by molar-refractivity contribution is 6.33. The van der Waals surface area contributed by atoms with E-state index in [2.05, 4.69) is 10.6 Å². The molecule has 0 aliphatic heterocycles. The van der Waals surface area contributed by atoms with Gasteiger partial charge in [-0.15, -0.1) is 0 Å². The minimum absolute atomic E-state index is 0.309. The zero-order chi connectivity index (χ0) is 19.1. The lowest BCUT2D eigenvalue weighted by Crippen LogP contribution is -2.45. The summed E-state index contributed by atoms with van der Waals surface area (Å²) in [6.45, 7) is 1.96. The van der Waals surface area contributed by atoms with Crippen LogP contribution in [0.5, 0.6) is 0 Å². The third-order valence-corrected chi connectivity index (χ3v) is 4.11. The smallest absolute Gasteiger partial charge is 0.253 e. The van der Waals surface area contributed by atoms with Crippen LogP contribution in [0.3, 0.4) is 0 Å². The summed E-state index contributed by atoms with van der Waals surface area (Å²) in [7, 11) is 0. The van der Waals surface area contributed by atoms with Crippen LogP contribution in [0.15, 0.2) is 48.5 Å². The standard InChI is InChI=1S/C19H20ClN3O3/c1-12(23-19(26)15-7-2-3-8-16(15)20)18(25)22-10-9-13-5-4-6-14(11-13)17(21)24/h2-8,11-12H,9-10H2,1H3,(H2,21,24)(H,22,25)(H,23,26). The van der Waals surface area contributed by atoms with Gasteiger partial charge in [-0.3, -0.25) is 14.4 Å². The van der Waals surface area contributed by atoms with E-state index in [0.717, 1.165) is 5.56 Å². The summed E-state index contributed by atoms with van der Waals surface area (Å²) in [5.74, 6) is -1.21. The van der Waals surface area contributed by atoms with Crippen LogP contribution in [0.1, 0.15) is 33.2 Å². The summed E-state index contributed by atoms with van der Waals surface area (Å²) in [4.78, 5) is 35.5. The lowest BCUT2D eigenvalue weighted by molar-refractivity contribution is -0.122. The normalized spacial score (nSPS) is 11.5. The Hall–Kier alpha value is -2.86. The fraction of sp³-hybridized carbons (Fsp3) is 0.211. The highest BCUT2D eigenvalue weighted by Crippen LogP contribution is 2.14. The van der Waals surface area contributed by atoms with Gasteiger partial charge < -0.3 is 16.4 Å². The second-order valence-corrected chi connectivity index (χ2v) is 6.19. The SMILES string of the molecule is CC(NC(=O)c1ccccc1Cl)C(=O)NCCc1cccc(C(N)=O)c1. The van der Waals surface area contributed by atoms with Gasteiger partial charge in [-0.25, -0.2) is 0 Å². The van der Waals surface area contributed by atoms with E-state index in [1.165, 1.54) is 0 Å². The molecule has 0 heterocycles. The molecule has 0 aliphatic carbocycles. The van der Waals surface area contributed by atoms with Gasteiger partial charge in [-0.1, -0.05) is 35.9 Å². The second kappa shape index (κ2) is 9.01. The maximum Gasteiger partial charge on any atom is 0.253 e. The molecular weight excluding hydrogens is 354 g/mol. The highest BCUT2D eigenvalue weighted by atomic mass is 35.5. The van der Waals surface area contributed by atoms with Crippen LogP contribution >= 0.6 is 11.6 Å². The van der Waals surface area contributed by atoms with Gasteiger partial charge in [0.05, 0.1) is 10.6 Å². The number of nitrogens with one attached hydrogen (secondary N) is 2. The van der Waals surface area contributed by atoms with E-state index in [-0.39, 0.29) is 5.91 Å². The molecule has 0 fully saturated rings. The molecular formula is C19H20ClN3O3. The lowest BCUT2D eigenvalue weighted by atomic mass is 10.1. The Morgan fingerprint density at radius 1 is 1.12 bits per heavy atom. The predicted octanol–water partition coefficient (Wildman–Crippen LogP) is 1.92. The maximum atomic E-state index is 12.2. The summed E-state index contributed by atoms with van der Waals surface area (Å²) in [5, 5.41) is 5.69. The largest absolute Gasteiger partial charge is 0.366 e. The predicted molar refractivity (Wildman–Crippen MR) is 100 cm³/mol. The van der Waals surface area contributed by atoms with Crippen LogP contribution < -0.4 is 16.4 Å². The average Bonchev–Trinajstić information content (AvgIpc) is 2.62. The third kappa shape index (κ3) is 5.32. The molecule has 0 saturated heterocycles. The molecule has 2 rings (SSSR count). The first-order valence-electron chi connectivity index (χ1n) is 8.10. The molecule has 26 heavy (non-hydrogen) atoms. The Labute approximate surface area is 156 Å². The molecule has 1 unspecified atom stereocenters. The van der Waals surface area contributed by atoms with Crippen LogP contribution in [0, 0.1) is 0 Å². The number of hydrogen-bond donors (Lipinski definition) is 3.